The molecule has 0 saturated carbocycles. The van der Waals surface area contributed by atoms with Crippen molar-refractivity contribution >= 4 is 23.4 Å². The first-order valence-corrected chi connectivity index (χ1v) is 9.65. The Morgan fingerprint density at radius 3 is 2.43 bits per heavy atom. The molecule has 8 heteroatoms. The van der Waals surface area contributed by atoms with Crippen LogP contribution >= 0.6 is 0 Å². The predicted molar refractivity (Wildman–Crippen MR) is 113 cm³/mol. The van der Waals surface area contributed by atoms with Gasteiger partial charge in [0.25, 0.3) is 11.6 Å². The van der Waals surface area contributed by atoms with Crippen LogP contribution in [0.4, 0.5) is 11.4 Å². The highest BCUT2D eigenvalue weighted by atomic mass is 16.6. The van der Waals surface area contributed by atoms with Crippen LogP contribution in [0.25, 0.3) is 6.08 Å². The molecule has 2 aromatic rings. The van der Waals surface area contributed by atoms with Crippen LogP contribution in [0.15, 0.2) is 54.1 Å². The van der Waals surface area contributed by atoms with E-state index in [0.717, 1.165) is 5.69 Å². The lowest BCUT2D eigenvalue weighted by atomic mass is 10.1. The van der Waals surface area contributed by atoms with Crippen molar-refractivity contribution in [3.05, 3.63) is 69.8 Å². The van der Waals surface area contributed by atoms with Gasteiger partial charge < -0.3 is 14.5 Å². The molecule has 0 unspecified atom stereocenters. The van der Waals surface area contributed by atoms with E-state index < -0.39 is 4.92 Å². The molecule has 0 atom stereocenters. The summed E-state index contributed by atoms with van der Waals surface area (Å²) in [7, 11) is 0. The average molecular weight is 406 g/mol. The van der Waals surface area contributed by atoms with E-state index in [4.69, 9.17) is 4.74 Å². The Morgan fingerprint density at radius 1 is 1.17 bits per heavy atom. The summed E-state index contributed by atoms with van der Waals surface area (Å²) in [6, 6.07) is 15.7. The standard InChI is InChI=1S/C22H22N4O4/c1-2-30-21-6-4-3-5-17(21)15-18(16-23)22(27)25-13-11-24(12-14-25)19-7-9-20(10-8-19)26(28)29/h3-10,15H,2,11-14H2,1H3/b18-15+. The van der Waals surface area contributed by atoms with Crippen molar-refractivity contribution in [2.75, 3.05) is 37.7 Å². The van der Waals surface area contributed by atoms with Gasteiger partial charge >= 0.3 is 0 Å². The highest BCUT2D eigenvalue weighted by molar-refractivity contribution is 6.02. The number of piperazine rings is 1. The molecule has 0 radical (unpaired) electrons. The molecule has 1 amide bonds. The van der Waals surface area contributed by atoms with Crippen molar-refractivity contribution in [3.8, 4) is 11.8 Å². The largest absolute Gasteiger partial charge is 0.493 e. The van der Waals surface area contributed by atoms with Crippen molar-refractivity contribution in [2.24, 2.45) is 0 Å². The van der Waals surface area contributed by atoms with Gasteiger partial charge in [-0.1, -0.05) is 18.2 Å². The Balaban J connectivity index is 1.68. The molecule has 154 valence electrons. The van der Waals surface area contributed by atoms with Gasteiger partial charge in [-0.15, -0.1) is 0 Å². The van der Waals surface area contributed by atoms with Crippen molar-refractivity contribution in [1.82, 2.24) is 4.90 Å². The normalized spacial score (nSPS) is 14.2. The van der Waals surface area contributed by atoms with Crippen LogP contribution in [0.2, 0.25) is 0 Å². The molecule has 0 aliphatic carbocycles. The third-order valence-corrected chi connectivity index (χ3v) is 4.86. The summed E-state index contributed by atoms with van der Waals surface area (Å²) in [6.07, 6.45) is 1.57. The van der Waals surface area contributed by atoms with Gasteiger partial charge in [-0.25, -0.2) is 0 Å². The molecule has 0 spiro atoms. The quantitative estimate of drug-likeness (QED) is 0.316. The molecule has 1 fully saturated rings. The number of ether oxygens (including phenoxy) is 1. The molecule has 2 aromatic carbocycles. The molecule has 1 saturated heterocycles. The summed E-state index contributed by atoms with van der Waals surface area (Å²) in [5, 5.41) is 20.3. The fraction of sp³-hybridized carbons (Fsp3) is 0.273. The van der Waals surface area contributed by atoms with Crippen LogP contribution in [0.1, 0.15) is 12.5 Å². The van der Waals surface area contributed by atoms with Gasteiger partial charge in [-0.3, -0.25) is 14.9 Å². The number of hydrogen-bond acceptors (Lipinski definition) is 6. The Hall–Kier alpha value is -3.86. The smallest absolute Gasteiger partial charge is 0.269 e. The van der Waals surface area contributed by atoms with Gasteiger partial charge in [0.2, 0.25) is 0 Å². The van der Waals surface area contributed by atoms with E-state index in [1.54, 1.807) is 29.2 Å². The SMILES string of the molecule is CCOc1ccccc1/C=C(\C#N)C(=O)N1CCN(c2ccc([N+](=O)[O-])cc2)CC1. The molecule has 1 aliphatic rings. The number of non-ortho nitro benzene ring substituents is 1. The summed E-state index contributed by atoms with van der Waals surface area (Å²) in [5.74, 6) is 0.315. The third-order valence-electron chi connectivity index (χ3n) is 4.86. The van der Waals surface area contributed by atoms with Gasteiger partial charge in [0.1, 0.15) is 17.4 Å². The van der Waals surface area contributed by atoms with Gasteiger partial charge in [0, 0.05) is 49.6 Å². The van der Waals surface area contributed by atoms with Crippen molar-refractivity contribution in [2.45, 2.75) is 6.92 Å². The fourth-order valence-corrected chi connectivity index (χ4v) is 3.31. The number of rotatable bonds is 6. The summed E-state index contributed by atoms with van der Waals surface area (Å²) < 4.78 is 5.57. The molecule has 30 heavy (non-hydrogen) atoms. The molecular formula is C22H22N4O4. The number of para-hydroxylation sites is 1. The van der Waals surface area contributed by atoms with E-state index in [9.17, 15) is 20.2 Å². The van der Waals surface area contributed by atoms with Crippen molar-refractivity contribution < 1.29 is 14.5 Å². The zero-order chi connectivity index (χ0) is 21.5. The molecule has 0 N–H and O–H groups in total. The van der Waals surface area contributed by atoms with Crippen LogP contribution in [0, 0.1) is 21.4 Å². The second-order valence-electron chi connectivity index (χ2n) is 6.69. The number of carbonyl (C=O) groups is 1. The van der Waals surface area contributed by atoms with E-state index in [1.165, 1.54) is 12.1 Å². The maximum atomic E-state index is 12.9. The summed E-state index contributed by atoms with van der Waals surface area (Å²) in [4.78, 5) is 26.9. The molecule has 3 rings (SSSR count). The zero-order valence-electron chi connectivity index (χ0n) is 16.7. The van der Waals surface area contributed by atoms with Gasteiger partial charge in [0.05, 0.1) is 11.5 Å². The van der Waals surface area contributed by atoms with Crippen LogP contribution in [-0.2, 0) is 4.79 Å². The topological polar surface area (TPSA) is 99.7 Å². The number of nitro benzene ring substituents is 1. The molecule has 1 heterocycles. The molecule has 0 bridgehead atoms. The maximum Gasteiger partial charge on any atom is 0.269 e. The first-order chi connectivity index (χ1) is 14.5. The fourth-order valence-electron chi connectivity index (χ4n) is 3.31. The lowest BCUT2D eigenvalue weighted by molar-refractivity contribution is -0.384. The number of amides is 1. The second-order valence-corrected chi connectivity index (χ2v) is 6.69. The highest BCUT2D eigenvalue weighted by Crippen LogP contribution is 2.23. The lowest BCUT2D eigenvalue weighted by Crippen LogP contribution is -2.49. The van der Waals surface area contributed by atoms with Crippen LogP contribution in [0.5, 0.6) is 5.75 Å². The molecular weight excluding hydrogens is 384 g/mol. The third kappa shape index (κ3) is 4.75. The Bertz CT molecular complexity index is 987. The van der Waals surface area contributed by atoms with E-state index in [-0.39, 0.29) is 17.2 Å². The Labute approximate surface area is 174 Å². The number of benzene rings is 2. The summed E-state index contributed by atoms with van der Waals surface area (Å²) >= 11 is 0. The molecule has 0 aromatic heterocycles. The number of nitriles is 1. The Kier molecular flexibility index (Phi) is 6.65. The first-order valence-electron chi connectivity index (χ1n) is 9.65. The summed E-state index contributed by atoms with van der Waals surface area (Å²) in [5.41, 5.74) is 1.66. The number of anilines is 1. The minimum atomic E-state index is -0.431. The average Bonchev–Trinajstić information content (AvgIpc) is 2.78. The number of carbonyl (C=O) groups excluding carboxylic acids is 1. The Morgan fingerprint density at radius 2 is 1.83 bits per heavy atom. The van der Waals surface area contributed by atoms with Gasteiger partial charge in [-0.2, -0.15) is 5.26 Å². The lowest BCUT2D eigenvalue weighted by Gasteiger charge is -2.36. The van der Waals surface area contributed by atoms with E-state index in [1.807, 2.05) is 31.2 Å². The van der Waals surface area contributed by atoms with Gasteiger partial charge in [0.15, 0.2) is 0 Å². The molecule has 8 nitrogen and oxygen atoms in total. The monoisotopic (exact) mass is 406 g/mol. The van der Waals surface area contributed by atoms with E-state index in [0.29, 0.717) is 44.1 Å². The van der Waals surface area contributed by atoms with Crippen LogP contribution < -0.4 is 9.64 Å². The van der Waals surface area contributed by atoms with Crippen molar-refractivity contribution in [3.63, 3.8) is 0 Å². The minimum absolute atomic E-state index is 0.0451. The maximum absolute atomic E-state index is 12.9. The van der Waals surface area contributed by atoms with Crippen LogP contribution in [-0.4, -0.2) is 48.5 Å². The van der Waals surface area contributed by atoms with Crippen molar-refractivity contribution in [1.29, 1.82) is 5.26 Å². The number of hydrogen-bond donors (Lipinski definition) is 0. The predicted octanol–water partition coefficient (Wildman–Crippen LogP) is 3.25. The second kappa shape index (κ2) is 9.56. The zero-order valence-corrected chi connectivity index (χ0v) is 16.7. The van der Waals surface area contributed by atoms with E-state index in [2.05, 4.69) is 4.90 Å². The number of nitro groups is 1. The summed E-state index contributed by atoms with van der Waals surface area (Å²) in [6.45, 7) is 4.45. The minimum Gasteiger partial charge on any atom is -0.493 e. The van der Waals surface area contributed by atoms with Crippen LogP contribution in [0.3, 0.4) is 0 Å². The first kappa shape index (κ1) is 20.9. The number of nitrogens with zero attached hydrogens (tertiary/aromatic N) is 4. The highest BCUT2D eigenvalue weighted by Gasteiger charge is 2.24. The van der Waals surface area contributed by atoms with E-state index >= 15 is 0 Å². The van der Waals surface area contributed by atoms with Gasteiger partial charge in [-0.05, 0) is 31.2 Å². The molecule has 1 aliphatic heterocycles.